The molecule has 3 heteroatoms. The number of hydrogen-bond acceptors (Lipinski definition) is 3. The monoisotopic (exact) mass is 226 g/mol. The molecule has 2 fully saturated rings. The van der Waals surface area contributed by atoms with E-state index in [-0.39, 0.29) is 0 Å². The highest BCUT2D eigenvalue weighted by atomic mass is 16.5. The molecule has 0 amide bonds. The Balaban J connectivity index is 1.78. The van der Waals surface area contributed by atoms with E-state index in [1.807, 2.05) is 0 Å². The van der Waals surface area contributed by atoms with Gasteiger partial charge in [-0.1, -0.05) is 6.92 Å². The van der Waals surface area contributed by atoms with Crippen molar-refractivity contribution in [1.82, 2.24) is 10.2 Å². The van der Waals surface area contributed by atoms with Crippen molar-refractivity contribution in [3.05, 3.63) is 0 Å². The van der Waals surface area contributed by atoms with Crippen LogP contribution in [0.1, 0.15) is 32.6 Å². The van der Waals surface area contributed by atoms with E-state index in [0.29, 0.717) is 6.04 Å². The van der Waals surface area contributed by atoms with Gasteiger partial charge < -0.3 is 15.0 Å². The second-order valence-electron chi connectivity index (χ2n) is 5.46. The summed E-state index contributed by atoms with van der Waals surface area (Å²) in [7, 11) is 2.28. The average Bonchev–Trinajstić information content (AvgIpc) is 2.33. The van der Waals surface area contributed by atoms with E-state index in [4.69, 9.17) is 4.74 Å². The largest absolute Gasteiger partial charge is 0.381 e. The average molecular weight is 226 g/mol. The molecule has 2 rings (SSSR count). The summed E-state index contributed by atoms with van der Waals surface area (Å²) in [5.41, 5.74) is 0. The first-order valence-electron chi connectivity index (χ1n) is 6.78. The molecule has 0 bridgehead atoms. The lowest BCUT2D eigenvalue weighted by Gasteiger charge is -2.37. The van der Waals surface area contributed by atoms with Crippen molar-refractivity contribution in [3.63, 3.8) is 0 Å². The minimum absolute atomic E-state index is 0.696. The molecule has 0 spiro atoms. The minimum Gasteiger partial charge on any atom is -0.381 e. The van der Waals surface area contributed by atoms with Crippen molar-refractivity contribution in [3.8, 4) is 0 Å². The highest BCUT2D eigenvalue weighted by Crippen LogP contribution is 2.19. The van der Waals surface area contributed by atoms with Crippen molar-refractivity contribution in [2.45, 2.75) is 44.7 Å². The molecule has 3 nitrogen and oxygen atoms in total. The zero-order chi connectivity index (χ0) is 11.4. The number of nitrogens with zero attached hydrogens (tertiary/aromatic N) is 1. The molecule has 2 atom stereocenters. The van der Waals surface area contributed by atoms with Crippen molar-refractivity contribution in [2.24, 2.45) is 5.92 Å². The van der Waals surface area contributed by atoms with Gasteiger partial charge in [-0.3, -0.25) is 0 Å². The maximum Gasteiger partial charge on any atom is 0.0480 e. The van der Waals surface area contributed by atoms with Crippen LogP contribution in [0.5, 0.6) is 0 Å². The van der Waals surface area contributed by atoms with Crippen LogP contribution in [-0.4, -0.2) is 50.3 Å². The predicted molar refractivity (Wildman–Crippen MR) is 66.7 cm³/mol. The van der Waals surface area contributed by atoms with Gasteiger partial charge >= 0.3 is 0 Å². The van der Waals surface area contributed by atoms with E-state index in [9.17, 15) is 0 Å². The molecule has 2 heterocycles. The van der Waals surface area contributed by atoms with Crippen LogP contribution >= 0.6 is 0 Å². The molecule has 94 valence electrons. The minimum atomic E-state index is 0.696. The first kappa shape index (κ1) is 12.3. The lowest BCUT2D eigenvalue weighted by atomic mass is 9.92. The second kappa shape index (κ2) is 5.99. The van der Waals surface area contributed by atoms with Crippen molar-refractivity contribution >= 4 is 0 Å². The predicted octanol–water partition coefficient (Wildman–Crippen LogP) is 1.49. The van der Waals surface area contributed by atoms with Crippen LogP contribution in [-0.2, 0) is 4.74 Å². The fourth-order valence-electron chi connectivity index (χ4n) is 2.94. The quantitative estimate of drug-likeness (QED) is 0.789. The molecule has 2 unspecified atom stereocenters. The van der Waals surface area contributed by atoms with Crippen LogP contribution in [0, 0.1) is 5.92 Å². The van der Waals surface area contributed by atoms with E-state index < -0.39 is 0 Å². The molecule has 0 aliphatic carbocycles. The SMILES string of the molecule is CC1CCCNC1CN(C)C1CCOCC1. The topological polar surface area (TPSA) is 24.5 Å². The third-order valence-corrected chi connectivity index (χ3v) is 4.23. The molecule has 0 radical (unpaired) electrons. The third-order valence-electron chi connectivity index (χ3n) is 4.23. The van der Waals surface area contributed by atoms with Crippen molar-refractivity contribution in [2.75, 3.05) is 33.4 Å². The Bertz CT molecular complexity index is 204. The van der Waals surface area contributed by atoms with Crippen molar-refractivity contribution < 1.29 is 4.74 Å². The standard InChI is InChI=1S/C13H26N2O/c1-11-4-3-7-14-13(11)10-15(2)12-5-8-16-9-6-12/h11-14H,3-10H2,1-2H3. The number of likely N-dealkylation sites (N-methyl/N-ethyl adjacent to an activating group) is 1. The van der Waals surface area contributed by atoms with Gasteiger partial charge in [0.2, 0.25) is 0 Å². The number of rotatable bonds is 3. The number of piperidine rings is 1. The Morgan fingerprint density at radius 3 is 2.69 bits per heavy atom. The first-order valence-corrected chi connectivity index (χ1v) is 6.78. The van der Waals surface area contributed by atoms with Gasteiger partial charge in [0.25, 0.3) is 0 Å². The summed E-state index contributed by atoms with van der Waals surface area (Å²) in [6.07, 6.45) is 5.15. The Labute approximate surface area is 99.5 Å². The zero-order valence-corrected chi connectivity index (χ0v) is 10.7. The highest BCUT2D eigenvalue weighted by molar-refractivity contribution is 4.83. The molecule has 2 saturated heterocycles. The van der Waals surface area contributed by atoms with Crippen LogP contribution < -0.4 is 5.32 Å². The molecule has 0 aromatic carbocycles. The van der Waals surface area contributed by atoms with Crippen LogP contribution in [0.3, 0.4) is 0 Å². The van der Waals surface area contributed by atoms with Gasteiger partial charge in [0.1, 0.15) is 0 Å². The second-order valence-corrected chi connectivity index (χ2v) is 5.46. The Morgan fingerprint density at radius 2 is 2.00 bits per heavy atom. The fraction of sp³-hybridized carbons (Fsp3) is 1.00. The van der Waals surface area contributed by atoms with Crippen molar-refractivity contribution in [1.29, 1.82) is 0 Å². The van der Waals surface area contributed by atoms with E-state index >= 15 is 0 Å². The molecule has 0 saturated carbocycles. The van der Waals surface area contributed by atoms with Gasteiger partial charge in [-0.25, -0.2) is 0 Å². The molecule has 2 aliphatic rings. The first-order chi connectivity index (χ1) is 7.77. The van der Waals surface area contributed by atoms with E-state index in [1.54, 1.807) is 0 Å². The van der Waals surface area contributed by atoms with E-state index in [2.05, 4.69) is 24.2 Å². The number of hydrogen-bond donors (Lipinski definition) is 1. The fourth-order valence-corrected chi connectivity index (χ4v) is 2.94. The van der Waals surface area contributed by atoms with E-state index in [1.165, 1.54) is 38.8 Å². The highest BCUT2D eigenvalue weighted by Gasteiger charge is 2.25. The Hall–Kier alpha value is -0.120. The molecule has 1 N–H and O–H groups in total. The van der Waals surface area contributed by atoms with Gasteiger partial charge in [0, 0.05) is 31.8 Å². The summed E-state index contributed by atoms with van der Waals surface area (Å²) in [5.74, 6) is 0.830. The summed E-state index contributed by atoms with van der Waals surface area (Å²) in [6.45, 7) is 6.68. The summed E-state index contributed by atoms with van der Waals surface area (Å²) >= 11 is 0. The smallest absolute Gasteiger partial charge is 0.0480 e. The third kappa shape index (κ3) is 3.19. The van der Waals surface area contributed by atoms with E-state index in [0.717, 1.165) is 25.2 Å². The molecule has 16 heavy (non-hydrogen) atoms. The van der Waals surface area contributed by atoms with Gasteiger partial charge in [0.15, 0.2) is 0 Å². The van der Waals surface area contributed by atoms with Gasteiger partial charge in [0.05, 0.1) is 0 Å². The molecule has 0 aromatic heterocycles. The summed E-state index contributed by atoms with van der Waals surface area (Å²) in [4.78, 5) is 2.54. The number of nitrogens with one attached hydrogen (secondary N) is 1. The van der Waals surface area contributed by atoms with Crippen LogP contribution in [0.2, 0.25) is 0 Å². The molecular formula is C13H26N2O. The number of ether oxygens (including phenoxy) is 1. The van der Waals surface area contributed by atoms with Gasteiger partial charge in [-0.2, -0.15) is 0 Å². The Morgan fingerprint density at radius 1 is 1.25 bits per heavy atom. The normalized spacial score (nSPS) is 33.2. The summed E-state index contributed by atoms with van der Waals surface area (Å²) in [5, 5.41) is 3.67. The van der Waals surface area contributed by atoms with Crippen LogP contribution in [0.4, 0.5) is 0 Å². The van der Waals surface area contributed by atoms with Gasteiger partial charge in [-0.15, -0.1) is 0 Å². The van der Waals surface area contributed by atoms with Crippen LogP contribution in [0.15, 0.2) is 0 Å². The summed E-state index contributed by atoms with van der Waals surface area (Å²) < 4.78 is 5.42. The Kier molecular flexibility index (Phi) is 4.62. The molecule has 0 aromatic rings. The zero-order valence-electron chi connectivity index (χ0n) is 10.7. The maximum atomic E-state index is 5.42. The molecule has 2 aliphatic heterocycles. The maximum absolute atomic E-state index is 5.42. The van der Waals surface area contributed by atoms with Gasteiger partial charge in [-0.05, 0) is 45.2 Å². The lowest BCUT2D eigenvalue weighted by Crippen LogP contribution is -2.50. The summed E-state index contributed by atoms with van der Waals surface area (Å²) in [6, 6.07) is 1.44. The lowest BCUT2D eigenvalue weighted by molar-refractivity contribution is 0.0368. The molecular weight excluding hydrogens is 200 g/mol. The van der Waals surface area contributed by atoms with Crippen LogP contribution in [0.25, 0.3) is 0 Å².